The zero-order chi connectivity index (χ0) is 21.5. The Balaban J connectivity index is 1.74. The molecule has 0 fully saturated rings. The van der Waals surface area contributed by atoms with E-state index in [2.05, 4.69) is 10.3 Å². The van der Waals surface area contributed by atoms with Crippen LogP contribution >= 0.6 is 0 Å². The number of hydrogen-bond acceptors (Lipinski definition) is 5. The van der Waals surface area contributed by atoms with Crippen LogP contribution < -0.4 is 14.8 Å². The molecule has 0 saturated heterocycles. The molecule has 1 aromatic heterocycles. The Bertz CT molecular complexity index is 966. The lowest BCUT2D eigenvalue weighted by molar-refractivity contribution is 0.181. The van der Waals surface area contributed by atoms with Crippen LogP contribution in [0, 0.1) is 0 Å². The van der Waals surface area contributed by atoms with Crippen molar-refractivity contribution in [3.8, 4) is 11.5 Å². The summed E-state index contributed by atoms with van der Waals surface area (Å²) >= 11 is 0. The highest BCUT2D eigenvalue weighted by molar-refractivity contribution is 5.80. The summed E-state index contributed by atoms with van der Waals surface area (Å²) < 4.78 is 16.6. The molecule has 0 saturated carbocycles. The fourth-order valence-electron chi connectivity index (χ4n) is 3.26. The third kappa shape index (κ3) is 5.04. The minimum absolute atomic E-state index is 0.177. The molecule has 0 bridgehead atoms. The number of rotatable bonds is 8. The number of aliphatic hydroxyl groups excluding tert-OH is 1. The molecule has 1 heterocycles. The molecule has 0 aliphatic carbocycles. The van der Waals surface area contributed by atoms with Gasteiger partial charge in [-0.05, 0) is 37.3 Å². The third-order valence-electron chi connectivity index (χ3n) is 4.78. The molecule has 7 nitrogen and oxygen atoms in total. The first-order valence-corrected chi connectivity index (χ1v) is 9.92. The predicted molar refractivity (Wildman–Crippen MR) is 118 cm³/mol. The monoisotopic (exact) mass is 411 g/mol. The Morgan fingerprint density at radius 2 is 1.97 bits per heavy atom. The van der Waals surface area contributed by atoms with Crippen LogP contribution in [0.15, 0.2) is 57.9 Å². The first-order valence-electron chi connectivity index (χ1n) is 9.92. The van der Waals surface area contributed by atoms with Gasteiger partial charge in [0.25, 0.3) is 0 Å². The Hall–Kier alpha value is -3.19. The molecule has 30 heavy (non-hydrogen) atoms. The van der Waals surface area contributed by atoms with Crippen LogP contribution in [0.5, 0.6) is 11.5 Å². The van der Waals surface area contributed by atoms with Gasteiger partial charge < -0.3 is 29.2 Å². The van der Waals surface area contributed by atoms with E-state index in [9.17, 15) is 5.11 Å². The molecular weight excluding hydrogens is 382 g/mol. The second-order valence-corrected chi connectivity index (χ2v) is 6.92. The Morgan fingerprint density at radius 3 is 2.67 bits per heavy atom. The van der Waals surface area contributed by atoms with Gasteiger partial charge in [0.05, 0.1) is 27.3 Å². The molecule has 2 N–H and O–H groups in total. The summed E-state index contributed by atoms with van der Waals surface area (Å²) in [5.41, 5.74) is 1.50. The van der Waals surface area contributed by atoms with E-state index in [1.165, 1.54) is 0 Å². The lowest BCUT2D eigenvalue weighted by atomic mass is 10.1. The molecule has 2 aromatic carbocycles. The normalized spacial score (nSPS) is 12.6. The molecule has 3 rings (SSSR count). The van der Waals surface area contributed by atoms with Gasteiger partial charge in [-0.15, -0.1) is 0 Å². The standard InChI is InChI=1S/C23H29N3O4/c1-5-24-23(26(2)15-18-12-16-8-6-7-9-21(16)30-18)25-14-20(27)19-13-17(28-3)10-11-22(19)29-4/h6-13,20,27H,5,14-15H2,1-4H3,(H,24,25). The second-order valence-electron chi connectivity index (χ2n) is 6.92. The molecule has 3 aromatic rings. The van der Waals surface area contributed by atoms with E-state index >= 15 is 0 Å². The van der Waals surface area contributed by atoms with E-state index < -0.39 is 6.10 Å². The number of benzene rings is 2. The van der Waals surface area contributed by atoms with Gasteiger partial charge in [0.1, 0.15) is 28.9 Å². The van der Waals surface area contributed by atoms with Crippen LogP contribution in [-0.4, -0.2) is 50.3 Å². The Kier molecular flexibility index (Phi) is 7.19. The summed E-state index contributed by atoms with van der Waals surface area (Å²) in [7, 11) is 5.10. The van der Waals surface area contributed by atoms with Crippen molar-refractivity contribution in [3.05, 3.63) is 59.9 Å². The van der Waals surface area contributed by atoms with Gasteiger partial charge in [0.15, 0.2) is 5.96 Å². The van der Waals surface area contributed by atoms with Gasteiger partial charge in [-0.2, -0.15) is 0 Å². The van der Waals surface area contributed by atoms with E-state index in [1.54, 1.807) is 32.4 Å². The number of furan rings is 1. The zero-order valence-electron chi connectivity index (χ0n) is 17.9. The zero-order valence-corrected chi connectivity index (χ0v) is 17.9. The summed E-state index contributed by atoms with van der Waals surface area (Å²) in [5, 5.41) is 15.1. The van der Waals surface area contributed by atoms with Crippen molar-refractivity contribution >= 4 is 16.9 Å². The Morgan fingerprint density at radius 1 is 1.17 bits per heavy atom. The first kappa shape index (κ1) is 21.5. The number of ether oxygens (including phenoxy) is 2. The first-order chi connectivity index (χ1) is 14.5. The lowest BCUT2D eigenvalue weighted by Gasteiger charge is -2.22. The van der Waals surface area contributed by atoms with Gasteiger partial charge in [0, 0.05) is 24.5 Å². The van der Waals surface area contributed by atoms with Crippen molar-refractivity contribution < 1.29 is 19.0 Å². The number of para-hydroxylation sites is 1. The summed E-state index contributed by atoms with van der Waals surface area (Å²) in [6, 6.07) is 15.3. The molecule has 7 heteroatoms. The third-order valence-corrected chi connectivity index (χ3v) is 4.78. The quantitative estimate of drug-likeness (QED) is 0.436. The maximum Gasteiger partial charge on any atom is 0.194 e. The van der Waals surface area contributed by atoms with E-state index in [0.717, 1.165) is 16.7 Å². The number of nitrogens with one attached hydrogen (secondary N) is 1. The van der Waals surface area contributed by atoms with Crippen molar-refractivity contribution in [2.24, 2.45) is 4.99 Å². The molecule has 0 aliphatic heterocycles. The summed E-state index contributed by atoms with van der Waals surface area (Å²) in [6.07, 6.45) is -0.830. The lowest BCUT2D eigenvalue weighted by Crippen LogP contribution is -2.38. The highest BCUT2D eigenvalue weighted by Crippen LogP contribution is 2.29. The van der Waals surface area contributed by atoms with Crippen LogP contribution in [0.1, 0.15) is 24.4 Å². The fraction of sp³-hybridized carbons (Fsp3) is 0.348. The largest absolute Gasteiger partial charge is 0.497 e. The smallest absolute Gasteiger partial charge is 0.194 e. The van der Waals surface area contributed by atoms with Crippen molar-refractivity contribution in [2.75, 3.05) is 34.4 Å². The van der Waals surface area contributed by atoms with Gasteiger partial charge in [-0.25, -0.2) is 0 Å². The molecule has 0 spiro atoms. The van der Waals surface area contributed by atoms with Crippen molar-refractivity contribution in [2.45, 2.75) is 19.6 Å². The highest BCUT2D eigenvalue weighted by Gasteiger charge is 2.16. The van der Waals surface area contributed by atoms with Gasteiger partial charge >= 0.3 is 0 Å². The number of hydrogen-bond donors (Lipinski definition) is 2. The second kappa shape index (κ2) is 10.0. The van der Waals surface area contributed by atoms with Gasteiger partial charge in [-0.3, -0.25) is 4.99 Å². The molecule has 1 atom stereocenters. The van der Waals surface area contributed by atoms with Gasteiger partial charge in [-0.1, -0.05) is 18.2 Å². The highest BCUT2D eigenvalue weighted by atomic mass is 16.5. The maximum absolute atomic E-state index is 10.7. The van der Waals surface area contributed by atoms with E-state index in [-0.39, 0.29) is 6.54 Å². The average molecular weight is 412 g/mol. The number of aliphatic hydroxyl groups is 1. The minimum atomic E-state index is -0.830. The SMILES string of the molecule is CCNC(=NCC(O)c1cc(OC)ccc1OC)N(C)Cc1cc2ccccc2o1. The number of aliphatic imine (C=N–C) groups is 1. The molecule has 0 radical (unpaired) electrons. The van der Waals surface area contributed by atoms with Crippen molar-refractivity contribution in [3.63, 3.8) is 0 Å². The molecule has 0 amide bonds. The van der Waals surface area contributed by atoms with Crippen LogP contribution in [0.25, 0.3) is 11.0 Å². The number of guanidine groups is 1. The predicted octanol–water partition coefficient (Wildman–Crippen LogP) is 3.58. The summed E-state index contributed by atoms with van der Waals surface area (Å²) in [4.78, 5) is 6.58. The maximum atomic E-state index is 10.7. The molecule has 1 unspecified atom stereocenters. The number of methoxy groups -OCH3 is 2. The minimum Gasteiger partial charge on any atom is -0.497 e. The summed E-state index contributed by atoms with van der Waals surface area (Å²) in [5.74, 6) is 2.78. The number of fused-ring (bicyclic) bond motifs is 1. The topological polar surface area (TPSA) is 79.5 Å². The van der Waals surface area contributed by atoms with Crippen LogP contribution in [0.3, 0.4) is 0 Å². The van der Waals surface area contributed by atoms with E-state index in [1.807, 2.05) is 49.2 Å². The van der Waals surface area contributed by atoms with Crippen molar-refractivity contribution in [1.29, 1.82) is 0 Å². The average Bonchev–Trinajstić information content (AvgIpc) is 3.18. The molecule has 160 valence electrons. The van der Waals surface area contributed by atoms with E-state index in [0.29, 0.717) is 36.1 Å². The van der Waals surface area contributed by atoms with E-state index in [4.69, 9.17) is 13.9 Å². The fourth-order valence-corrected chi connectivity index (χ4v) is 3.26. The number of nitrogens with zero attached hydrogens (tertiary/aromatic N) is 2. The van der Waals surface area contributed by atoms with Crippen LogP contribution in [0.2, 0.25) is 0 Å². The van der Waals surface area contributed by atoms with Gasteiger partial charge in [0.2, 0.25) is 0 Å². The summed E-state index contributed by atoms with van der Waals surface area (Å²) in [6.45, 7) is 3.45. The Labute approximate surface area is 176 Å². The van der Waals surface area contributed by atoms with Crippen LogP contribution in [-0.2, 0) is 6.54 Å². The van der Waals surface area contributed by atoms with Crippen molar-refractivity contribution in [1.82, 2.24) is 10.2 Å². The van der Waals surface area contributed by atoms with Crippen LogP contribution in [0.4, 0.5) is 0 Å². The molecule has 0 aliphatic rings. The molecular formula is C23H29N3O4.